The molecule has 1 aliphatic carbocycles. The van der Waals surface area contributed by atoms with Gasteiger partial charge in [-0.1, -0.05) is 6.07 Å². The van der Waals surface area contributed by atoms with Gasteiger partial charge >= 0.3 is 0 Å². The molecular weight excluding hydrogens is 150 g/mol. The maximum Gasteiger partial charge on any atom is 0.160 e. The first kappa shape index (κ1) is 7.22. The van der Waals surface area contributed by atoms with Crippen molar-refractivity contribution < 1.29 is 4.79 Å². The molecule has 0 spiro atoms. The van der Waals surface area contributed by atoms with Crippen LogP contribution >= 0.6 is 0 Å². The summed E-state index contributed by atoms with van der Waals surface area (Å²) in [5, 5.41) is 0. The second-order valence-corrected chi connectivity index (χ2v) is 3.03. The molecular formula is C10H9NO. The molecule has 0 bridgehead atoms. The number of pyridine rings is 1. The molecule has 1 aromatic heterocycles. The second-order valence-electron chi connectivity index (χ2n) is 3.03. The predicted molar refractivity (Wildman–Crippen MR) is 46.7 cm³/mol. The van der Waals surface area contributed by atoms with Gasteiger partial charge < -0.3 is 0 Å². The first-order valence-electron chi connectivity index (χ1n) is 3.92. The summed E-state index contributed by atoms with van der Waals surface area (Å²) in [7, 11) is 0. The summed E-state index contributed by atoms with van der Waals surface area (Å²) in [6, 6.07) is 2.02. The van der Waals surface area contributed by atoms with Crippen molar-refractivity contribution in [2.24, 2.45) is 0 Å². The molecule has 0 amide bonds. The second kappa shape index (κ2) is 2.55. The molecule has 0 saturated carbocycles. The summed E-state index contributed by atoms with van der Waals surface area (Å²) in [4.78, 5) is 15.2. The highest BCUT2D eigenvalue weighted by molar-refractivity contribution is 5.97. The number of fused-ring (bicyclic) bond motifs is 1. The van der Waals surface area contributed by atoms with E-state index in [1.807, 2.05) is 19.2 Å². The van der Waals surface area contributed by atoms with Gasteiger partial charge in [-0.05, 0) is 30.2 Å². The average molecular weight is 159 g/mol. The molecule has 0 radical (unpaired) electrons. The van der Waals surface area contributed by atoms with Crippen LogP contribution in [-0.4, -0.2) is 10.8 Å². The van der Waals surface area contributed by atoms with Crippen LogP contribution in [0.2, 0.25) is 0 Å². The summed E-state index contributed by atoms with van der Waals surface area (Å²) in [5.74, 6) is 0.162. The largest absolute Gasteiger partial charge is 0.294 e. The van der Waals surface area contributed by atoms with E-state index in [4.69, 9.17) is 0 Å². The monoisotopic (exact) mass is 159 g/mol. The Morgan fingerprint density at radius 1 is 1.42 bits per heavy atom. The molecule has 1 aliphatic rings. The Kier molecular flexibility index (Phi) is 1.54. The summed E-state index contributed by atoms with van der Waals surface area (Å²) < 4.78 is 0. The third-order valence-electron chi connectivity index (χ3n) is 1.93. The van der Waals surface area contributed by atoms with Crippen LogP contribution in [0.1, 0.15) is 16.8 Å². The lowest BCUT2D eigenvalue weighted by molar-refractivity contribution is -0.114. The van der Waals surface area contributed by atoms with E-state index < -0.39 is 0 Å². The topological polar surface area (TPSA) is 30.0 Å². The third-order valence-corrected chi connectivity index (χ3v) is 1.93. The lowest BCUT2D eigenvalue weighted by atomic mass is 10.0. The van der Waals surface area contributed by atoms with Crippen molar-refractivity contribution in [2.75, 3.05) is 0 Å². The van der Waals surface area contributed by atoms with Crippen LogP contribution in [0, 0.1) is 6.92 Å². The number of hydrogen-bond acceptors (Lipinski definition) is 2. The molecule has 2 nitrogen and oxygen atoms in total. The number of rotatable bonds is 0. The highest BCUT2D eigenvalue weighted by atomic mass is 16.1. The smallest absolute Gasteiger partial charge is 0.160 e. The Labute approximate surface area is 70.9 Å². The fourth-order valence-electron chi connectivity index (χ4n) is 1.35. The summed E-state index contributed by atoms with van der Waals surface area (Å²) in [6.07, 6.45) is 5.69. The van der Waals surface area contributed by atoms with Gasteiger partial charge in [0.05, 0.1) is 5.69 Å². The minimum atomic E-state index is 0.162. The Bertz CT molecular complexity index is 366. The van der Waals surface area contributed by atoms with E-state index in [1.54, 1.807) is 12.2 Å². The van der Waals surface area contributed by atoms with Gasteiger partial charge in [0.1, 0.15) is 0 Å². The van der Waals surface area contributed by atoms with Crippen LogP contribution in [0.4, 0.5) is 0 Å². The normalized spacial score (nSPS) is 14.6. The van der Waals surface area contributed by atoms with E-state index in [1.165, 1.54) is 0 Å². The number of carbonyl (C=O) groups is 1. The Morgan fingerprint density at radius 3 is 3.08 bits per heavy atom. The molecule has 60 valence electrons. The lowest BCUT2D eigenvalue weighted by Crippen LogP contribution is -2.06. The SMILES string of the molecule is Cc1cnc2c(c1)CC(=O)C=C2. The Balaban J connectivity index is 2.54. The molecule has 2 rings (SSSR count). The van der Waals surface area contributed by atoms with Gasteiger partial charge in [-0.3, -0.25) is 9.78 Å². The van der Waals surface area contributed by atoms with E-state index >= 15 is 0 Å². The number of ketones is 1. The van der Waals surface area contributed by atoms with Gasteiger partial charge in [0.25, 0.3) is 0 Å². The minimum Gasteiger partial charge on any atom is -0.294 e. The van der Waals surface area contributed by atoms with Crippen molar-refractivity contribution >= 4 is 11.9 Å². The van der Waals surface area contributed by atoms with Crippen LogP contribution in [0.15, 0.2) is 18.3 Å². The summed E-state index contributed by atoms with van der Waals surface area (Å²) in [6.45, 7) is 1.98. The highest BCUT2D eigenvalue weighted by Crippen LogP contribution is 2.15. The van der Waals surface area contributed by atoms with E-state index in [2.05, 4.69) is 4.98 Å². The number of carbonyl (C=O) groups excluding carboxylic acids is 1. The van der Waals surface area contributed by atoms with Crippen LogP contribution in [-0.2, 0) is 11.2 Å². The van der Waals surface area contributed by atoms with Crippen LogP contribution in [0.3, 0.4) is 0 Å². The third kappa shape index (κ3) is 1.16. The molecule has 0 aliphatic heterocycles. The maximum atomic E-state index is 11.0. The van der Waals surface area contributed by atoms with Crippen molar-refractivity contribution in [1.82, 2.24) is 4.98 Å². The number of aromatic nitrogens is 1. The van der Waals surface area contributed by atoms with Crippen molar-refractivity contribution in [1.29, 1.82) is 0 Å². The van der Waals surface area contributed by atoms with Crippen molar-refractivity contribution in [3.8, 4) is 0 Å². The lowest BCUT2D eigenvalue weighted by Gasteiger charge is -2.08. The summed E-state index contributed by atoms with van der Waals surface area (Å²) >= 11 is 0. The number of nitrogens with zero attached hydrogens (tertiary/aromatic N) is 1. The minimum absolute atomic E-state index is 0.162. The van der Waals surface area contributed by atoms with Gasteiger partial charge in [-0.15, -0.1) is 0 Å². The van der Waals surface area contributed by atoms with E-state index in [0.717, 1.165) is 16.8 Å². The van der Waals surface area contributed by atoms with Crippen LogP contribution < -0.4 is 0 Å². The van der Waals surface area contributed by atoms with Gasteiger partial charge in [0.2, 0.25) is 0 Å². The number of aryl methyl sites for hydroxylation is 1. The molecule has 0 N–H and O–H groups in total. The van der Waals surface area contributed by atoms with Crippen LogP contribution in [0.25, 0.3) is 6.08 Å². The quantitative estimate of drug-likeness (QED) is 0.574. The Morgan fingerprint density at radius 2 is 2.25 bits per heavy atom. The standard InChI is InChI=1S/C10H9NO/c1-7-4-8-5-9(12)2-3-10(8)11-6-7/h2-4,6H,5H2,1H3. The van der Waals surface area contributed by atoms with Crippen molar-refractivity contribution in [3.63, 3.8) is 0 Å². The molecule has 1 aromatic rings. The molecule has 2 heteroatoms. The molecule has 0 atom stereocenters. The molecule has 0 fully saturated rings. The highest BCUT2D eigenvalue weighted by Gasteiger charge is 2.10. The number of allylic oxidation sites excluding steroid dienone is 1. The zero-order chi connectivity index (χ0) is 8.55. The first-order chi connectivity index (χ1) is 5.75. The zero-order valence-electron chi connectivity index (χ0n) is 6.87. The van der Waals surface area contributed by atoms with E-state index in [-0.39, 0.29) is 5.78 Å². The predicted octanol–water partition coefficient (Wildman–Crippen LogP) is 1.53. The molecule has 0 aromatic carbocycles. The van der Waals surface area contributed by atoms with E-state index in [0.29, 0.717) is 6.42 Å². The molecule has 12 heavy (non-hydrogen) atoms. The van der Waals surface area contributed by atoms with Gasteiger partial charge in [-0.2, -0.15) is 0 Å². The van der Waals surface area contributed by atoms with Crippen molar-refractivity contribution in [2.45, 2.75) is 13.3 Å². The van der Waals surface area contributed by atoms with E-state index in [9.17, 15) is 4.79 Å². The molecule has 0 unspecified atom stereocenters. The van der Waals surface area contributed by atoms with Gasteiger partial charge in [0, 0.05) is 12.6 Å². The maximum absolute atomic E-state index is 11.0. The van der Waals surface area contributed by atoms with Gasteiger partial charge in [-0.25, -0.2) is 0 Å². The number of hydrogen-bond donors (Lipinski definition) is 0. The Hall–Kier alpha value is -1.44. The molecule has 0 saturated heterocycles. The fraction of sp³-hybridized carbons (Fsp3) is 0.200. The first-order valence-corrected chi connectivity index (χ1v) is 3.92. The van der Waals surface area contributed by atoms with Crippen molar-refractivity contribution in [3.05, 3.63) is 35.2 Å². The fourth-order valence-corrected chi connectivity index (χ4v) is 1.35. The van der Waals surface area contributed by atoms with Crippen LogP contribution in [0.5, 0.6) is 0 Å². The molecule has 1 heterocycles. The average Bonchev–Trinajstić information content (AvgIpc) is 2.03. The summed E-state index contributed by atoms with van der Waals surface area (Å²) in [5.41, 5.74) is 3.08. The zero-order valence-corrected chi connectivity index (χ0v) is 6.87. The van der Waals surface area contributed by atoms with Gasteiger partial charge in [0.15, 0.2) is 5.78 Å².